The number of carbonyl (C=O) groups excluding carboxylic acids is 1. The lowest BCUT2D eigenvalue weighted by Gasteiger charge is -2.09. The highest BCUT2D eigenvalue weighted by Gasteiger charge is 2.18. The van der Waals surface area contributed by atoms with Gasteiger partial charge in [0.1, 0.15) is 11.2 Å². The summed E-state index contributed by atoms with van der Waals surface area (Å²) in [5, 5.41) is 11.5. The van der Waals surface area contributed by atoms with Gasteiger partial charge in [0, 0.05) is 11.6 Å². The molecule has 0 spiro atoms. The van der Waals surface area contributed by atoms with Crippen LogP contribution >= 0.6 is 0 Å². The first-order valence-electron chi connectivity index (χ1n) is 10.2. The summed E-state index contributed by atoms with van der Waals surface area (Å²) in [6.07, 6.45) is 1.42. The second-order valence-corrected chi connectivity index (χ2v) is 7.69. The summed E-state index contributed by atoms with van der Waals surface area (Å²) in [5.41, 5.74) is 2.04. The lowest BCUT2D eigenvalue weighted by atomic mass is 10.2. The number of H-pyrrole nitrogens is 1. The van der Waals surface area contributed by atoms with Crippen molar-refractivity contribution in [2.75, 3.05) is 5.32 Å². The number of hydrogen-bond donors (Lipinski definition) is 2. The van der Waals surface area contributed by atoms with Gasteiger partial charge in [-0.15, -0.1) is 0 Å². The fourth-order valence-electron chi connectivity index (χ4n) is 3.53. The molecule has 5 rings (SSSR count). The maximum Gasteiger partial charge on any atom is 0.263 e. The highest BCUT2D eigenvalue weighted by atomic mass is 19.2. The predicted octanol–water partition coefficient (Wildman–Crippen LogP) is 3.44. The number of aromatic amines is 1. The Balaban J connectivity index is 1.58. The van der Waals surface area contributed by atoms with Gasteiger partial charge in [0.15, 0.2) is 17.3 Å². The summed E-state index contributed by atoms with van der Waals surface area (Å²) < 4.78 is 29.6. The molecule has 0 radical (unpaired) electrons. The summed E-state index contributed by atoms with van der Waals surface area (Å²) in [7, 11) is 0. The van der Waals surface area contributed by atoms with Crippen LogP contribution in [0.5, 0.6) is 0 Å². The van der Waals surface area contributed by atoms with Gasteiger partial charge in [0.25, 0.3) is 11.5 Å². The normalized spacial score (nSPS) is 11.2. The number of rotatable bonds is 4. The van der Waals surface area contributed by atoms with Crippen molar-refractivity contribution in [3.63, 3.8) is 0 Å². The molecule has 170 valence electrons. The predicted molar refractivity (Wildman–Crippen MR) is 120 cm³/mol. The van der Waals surface area contributed by atoms with Gasteiger partial charge >= 0.3 is 0 Å². The highest BCUT2D eigenvalue weighted by molar-refractivity contribution is 6.04. The number of hydrogen-bond acceptors (Lipinski definition) is 5. The summed E-state index contributed by atoms with van der Waals surface area (Å²) in [4.78, 5) is 32.6. The zero-order valence-electron chi connectivity index (χ0n) is 18.0. The molecule has 34 heavy (non-hydrogen) atoms. The molecule has 2 N–H and O–H groups in total. The van der Waals surface area contributed by atoms with Crippen molar-refractivity contribution in [2.45, 2.75) is 13.8 Å². The topological polar surface area (TPSA) is 110 Å². The summed E-state index contributed by atoms with van der Waals surface area (Å²) >= 11 is 0. The van der Waals surface area contributed by atoms with Crippen LogP contribution in [0.3, 0.4) is 0 Å². The lowest BCUT2D eigenvalue weighted by molar-refractivity contribution is 0.102. The van der Waals surface area contributed by atoms with Gasteiger partial charge in [-0.3, -0.25) is 14.6 Å². The molecule has 5 aromatic rings. The minimum Gasteiger partial charge on any atom is -0.306 e. The van der Waals surface area contributed by atoms with Crippen molar-refractivity contribution < 1.29 is 13.6 Å². The van der Waals surface area contributed by atoms with Gasteiger partial charge in [-0.25, -0.2) is 13.5 Å². The molecule has 11 heteroatoms. The zero-order valence-corrected chi connectivity index (χ0v) is 18.0. The van der Waals surface area contributed by atoms with Gasteiger partial charge in [-0.2, -0.15) is 19.9 Å². The first-order chi connectivity index (χ1) is 16.3. The number of nitrogens with one attached hydrogen (secondary N) is 2. The lowest BCUT2D eigenvalue weighted by Crippen LogP contribution is -2.19. The van der Waals surface area contributed by atoms with Crippen LogP contribution in [0, 0.1) is 25.5 Å². The van der Waals surface area contributed by atoms with Gasteiger partial charge in [0.05, 0.1) is 17.6 Å². The molecule has 0 aliphatic heterocycles. The molecular weight excluding hydrogens is 444 g/mol. The average molecular weight is 461 g/mol. The van der Waals surface area contributed by atoms with Crippen LogP contribution in [0.2, 0.25) is 0 Å². The van der Waals surface area contributed by atoms with E-state index >= 15 is 0 Å². The van der Waals surface area contributed by atoms with E-state index in [1.54, 1.807) is 13.0 Å². The van der Waals surface area contributed by atoms with E-state index in [0.29, 0.717) is 11.3 Å². The molecule has 0 bridgehead atoms. The third kappa shape index (κ3) is 3.72. The Hall–Kier alpha value is -4.67. The van der Waals surface area contributed by atoms with E-state index in [4.69, 9.17) is 0 Å². The van der Waals surface area contributed by atoms with Crippen molar-refractivity contribution >= 4 is 22.8 Å². The first-order valence-corrected chi connectivity index (χ1v) is 10.2. The molecule has 2 aromatic carbocycles. The van der Waals surface area contributed by atoms with Crippen LogP contribution in [-0.2, 0) is 0 Å². The molecule has 1 amide bonds. The van der Waals surface area contributed by atoms with Crippen LogP contribution in [0.1, 0.15) is 21.6 Å². The summed E-state index contributed by atoms with van der Waals surface area (Å²) in [5.74, 6) is -2.67. The number of aromatic nitrogens is 6. The minimum atomic E-state index is -1.14. The number of aryl methyl sites for hydroxylation is 2. The average Bonchev–Trinajstić information content (AvgIpc) is 3.39. The van der Waals surface area contributed by atoms with Crippen molar-refractivity contribution in [1.82, 2.24) is 29.5 Å². The van der Waals surface area contributed by atoms with E-state index in [9.17, 15) is 18.4 Å². The molecular formula is C23H17F2N7O2. The quantitative estimate of drug-likeness (QED) is 0.426. The van der Waals surface area contributed by atoms with Crippen molar-refractivity contribution in [2.24, 2.45) is 0 Å². The van der Waals surface area contributed by atoms with Crippen molar-refractivity contribution in [1.29, 1.82) is 0 Å². The van der Waals surface area contributed by atoms with Crippen molar-refractivity contribution in [3.8, 4) is 11.6 Å². The van der Waals surface area contributed by atoms with E-state index in [-0.39, 0.29) is 22.7 Å². The largest absolute Gasteiger partial charge is 0.306 e. The third-order valence-corrected chi connectivity index (χ3v) is 5.13. The number of amides is 1. The van der Waals surface area contributed by atoms with Crippen LogP contribution < -0.4 is 10.9 Å². The SMILES string of the molecule is Cc1cccc(-n2ncc3c(=O)[nH]c(-n4nc(C)cc4NC(=O)c4ccc(F)c(F)c4)nc32)c1. The Morgan fingerprint density at radius 3 is 2.62 bits per heavy atom. The number of fused-ring (bicyclic) bond motifs is 1. The molecule has 0 fully saturated rings. The van der Waals surface area contributed by atoms with E-state index in [0.717, 1.165) is 29.4 Å². The van der Waals surface area contributed by atoms with E-state index in [1.807, 2.05) is 31.2 Å². The second kappa shape index (κ2) is 8.03. The number of halogens is 2. The molecule has 9 nitrogen and oxygen atoms in total. The van der Waals surface area contributed by atoms with E-state index < -0.39 is 23.1 Å². The van der Waals surface area contributed by atoms with Crippen LogP contribution in [0.4, 0.5) is 14.6 Å². The monoisotopic (exact) mass is 461 g/mol. The Morgan fingerprint density at radius 2 is 1.85 bits per heavy atom. The molecule has 0 atom stereocenters. The highest BCUT2D eigenvalue weighted by Crippen LogP contribution is 2.19. The summed E-state index contributed by atoms with van der Waals surface area (Å²) in [6.45, 7) is 3.63. The molecule has 0 aliphatic rings. The Labute approximate surface area is 190 Å². The Bertz CT molecular complexity index is 1630. The van der Waals surface area contributed by atoms with Gasteiger partial charge in [-0.1, -0.05) is 12.1 Å². The fraction of sp³-hybridized carbons (Fsp3) is 0.0870. The van der Waals surface area contributed by atoms with Crippen molar-refractivity contribution in [3.05, 3.63) is 93.5 Å². The molecule has 3 aromatic heterocycles. The molecule has 0 saturated carbocycles. The summed E-state index contributed by atoms with van der Waals surface area (Å²) in [6, 6.07) is 11.9. The molecule has 3 heterocycles. The van der Waals surface area contributed by atoms with Gasteiger partial charge < -0.3 is 5.32 Å². The third-order valence-electron chi connectivity index (χ3n) is 5.13. The second-order valence-electron chi connectivity index (χ2n) is 7.69. The number of carbonyl (C=O) groups is 1. The number of benzene rings is 2. The van der Waals surface area contributed by atoms with Gasteiger partial charge in [-0.05, 0) is 49.7 Å². The fourth-order valence-corrected chi connectivity index (χ4v) is 3.53. The molecule has 0 saturated heterocycles. The van der Waals surface area contributed by atoms with Gasteiger partial charge in [0.2, 0.25) is 5.95 Å². The maximum atomic E-state index is 13.6. The standard InChI is InChI=1S/C23H17F2N7O2/c1-12-4-3-5-15(8-12)31-20-16(11-26-31)22(34)29-23(28-20)32-19(9-13(2)30-32)27-21(33)14-6-7-17(24)18(25)10-14/h3-11H,1-2H3,(H,27,33)(H,28,29,34). The van der Waals surface area contributed by atoms with Crippen LogP contribution in [0.25, 0.3) is 22.7 Å². The van der Waals surface area contributed by atoms with Crippen LogP contribution in [0.15, 0.2) is 59.5 Å². The zero-order chi connectivity index (χ0) is 24.0. The van der Waals surface area contributed by atoms with Crippen LogP contribution in [-0.4, -0.2) is 35.4 Å². The number of nitrogens with zero attached hydrogens (tertiary/aromatic N) is 5. The smallest absolute Gasteiger partial charge is 0.263 e. The molecule has 0 unspecified atom stereocenters. The van der Waals surface area contributed by atoms with E-state index in [2.05, 4.69) is 25.5 Å². The Kier molecular flexibility index (Phi) is 5.01. The Morgan fingerprint density at radius 1 is 1.03 bits per heavy atom. The van der Waals surface area contributed by atoms with E-state index in [1.165, 1.54) is 15.6 Å². The number of anilines is 1. The maximum absolute atomic E-state index is 13.6. The first kappa shape index (κ1) is 21.2. The minimum absolute atomic E-state index is 0.0422. The molecule has 0 aliphatic carbocycles.